The van der Waals surface area contributed by atoms with Crippen molar-refractivity contribution in [3.8, 4) is 0 Å². The lowest BCUT2D eigenvalue weighted by atomic mass is 10.0. The number of rotatable bonds is 62. The summed E-state index contributed by atoms with van der Waals surface area (Å²) in [7, 11) is 0. The van der Waals surface area contributed by atoms with E-state index in [1.54, 1.807) is 0 Å². The van der Waals surface area contributed by atoms with Crippen LogP contribution in [0.2, 0.25) is 0 Å². The standard InChI is InChI=1S/C36H72O2.C32H64O2/c1-3-5-7-9-11-13-15-17-19-21-23-25-27-29-31-33-35-38-36(37)34-32-30-28-26-24-22-20-18-16-14-12-10-8-6-4-2;1-3-5-7-9-11-13-15-17-19-21-23-25-27-29-31-34-32(33)30-28-26-24-22-20-18-16-14-12-10-8-6-4-2/h3-35H2,1-2H3;3-31H2,1-2H3. The van der Waals surface area contributed by atoms with Crippen molar-refractivity contribution in [2.24, 2.45) is 0 Å². The fourth-order valence-corrected chi connectivity index (χ4v) is 10.4. The number of ether oxygens (including phenoxy) is 2. The molecule has 0 amide bonds. The maximum Gasteiger partial charge on any atom is 0.305 e. The molecule has 72 heavy (non-hydrogen) atoms. The van der Waals surface area contributed by atoms with Gasteiger partial charge in [-0.2, -0.15) is 0 Å². The lowest BCUT2D eigenvalue weighted by Gasteiger charge is -2.06. The van der Waals surface area contributed by atoms with E-state index in [1.807, 2.05) is 0 Å². The van der Waals surface area contributed by atoms with Gasteiger partial charge in [-0.15, -0.1) is 0 Å². The summed E-state index contributed by atoms with van der Waals surface area (Å²) in [5, 5.41) is 0. The van der Waals surface area contributed by atoms with Gasteiger partial charge in [0.05, 0.1) is 13.2 Å². The molecule has 432 valence electrons. The van der Waals surface area contributed by atoms with Crippen LogP contribution in [0.3, 0.4) is 0 Å². The number of hydrogen-bond acceptors (Lipinski definition) is 4. The average Bonchev–Trinajstić information content (AvgIpc) is 3.38. The van der Waals surface area contributed by atoms with Gasteiger partial charge >= 0.3 is 11.9 Å². The second kappa shape index (κ2) is 69.9. The minimum absolute atomic E-state index is 0.0257. The lowest BCUT2D eigenvalue weighted by Crippen LogP contribution is -2.05. The first-order chi connectivity index (χ1) is 35.6. The van der Waals surface area contributed by atoms with E-state index in [4.69, 9.17) is 9.47 Å². The predicted octanol–water partition coefficient (Wildman–Crippen LogP) is 24.5. The fourth-order valence-electron chi connectivity index (χ4n) is 10.4. The molecule has 0 radical (unpaired) electrons. The van der Waals surface area contributed by atoms with Crippen molar-refractivity contribution in [2.45, 2.75) is 413 Å². The molecule has 0 saturated heterocycles. The Labute approximate surface area is 455 Å². The number of carbonyl (C=O) groups excluding carboxylic acids is 2. The molecule has 4 nitrogen and oxygen atoms in total. The normalized spacial score (nSPS) is 11.3. The lowest BCUT2D eigenvalue weighted by molar-refractivity contribution is -0.144. The summed E-state index contributed by atoms with van der Waals surface area (Å²) in [6.07, 6.45) is 80.2. The minimum atomic E-state index is 0.0257. The van der Waals surface area contributed by atoms with E-state index in [0.29, 0.717) is 26.1 Å². The van der Waals surface area contributed by atoms with Crippen molar-refractivity contribution in [3.05, 3.63) is 0 Å². The van der Waals surface area contributed by atoms with Crippen LogP contribution in [0.5, 0.6) is 0 Å². The van der Waals surface area contributed by atoms with Gasteiger partial charge in [0.25, 0.3) is 0 Å². The first kappa shape index (κ1) is 73.0. The second-order valence-corrected chi connectivity index (χ2v) is 23.0. The summed E-state index contributed by atoms with van der Waals surface area (Å²) in [5.41, 5.74) is 0. The topological polar surface area (TPSA) is 52.6 Å². The van der Waals surface area contributed by atoms with E-state index in [2.05, 4.69) is 27.7 Å². The molecule has 0 atom stereocenters. The fraction of sp³-hybridized carbons (Fsp3) is 0.971. The highest BCUT2D eigenvalue weighted by Crippen LogP contribution is 2.18. The van der Waals surface area contributed by atoms with Crippen molar-refractivity contribution in [3.63, 3.8) is 0 Å². The predicted molar refractivity (Wildman–Crippen MR) is 322 cm³/mol. The Bertz CT molecular complexity index is 964. The molecule has 0 spiro atoms. The van der Waals surface area contributed by atoms with Gasteiger partial charge in [0.1, 0.15) is 0 Å². The highest BCUT2D eigenvalue weighted by atomic mass is 16.5. The molecular weight excluding hydrogens is 881 g/mol. The van der Waals surface area contributed by atoms with Crippen molar-refractivity contribution >= 4 is 11.9 Å². The van der Waals surface area contributed by atoms with Crippen LogP contribution in [-0.2, 0) is 19.1 Å². The van der Waals surface area contributed by atoms with Crippen LogP contribution < -0.4 is 0 Å². The summed E-state index contributed by atoms with van der Waals surface area (Å²) in [5.74, 6) is 0.0541. The van der Waals surface area contributed by atoms with Gasteiger partial charge < -0.3 is 9.47 Å². The third-order valence-corrected chi connectivity index (χ3v) is 15.5. The van der Waals surface area contributed by atoms with Gasteiger partial charge in [-0.25, -0.2) is 0 Å². The Morgan fingerprint density at radius 3 is 0.458 bits per heavy atom. The van der Waals surface area contributed by atoms with E-state index < -0.39 is 0 Å². The molecule has 0 N–H and O–H groups in total. The zero-order valence-electron chi connectivity index (χ0n) is 50.5. The average molecular weight is 1020 g/mol. The van der Waals surface area contributed by atoms with Gasteiger partial charge in [-0.05, 0) is 25.7 Å². The summed E-state index contributed by atoms with van der Waals surface area (Å²) in [6, 6.07) is 0. The molecule has 0 fully saturated rings. The molecule has 0 saturated carbocycles. The largest absolute Gasteiger partial charge is 0.466 e. The van der Waals surface area contributed by atoms with E-state index in [1.165, 1.54) is 347 Å². The third kappa shape index (κ3) is 71.0. The van der Waals surface area contributed by atoms with Crippen LogP contribution in [0, 0.1) is 0 Å². The number of carbonyl (C=O) groups is 2. The second-order valence-electron chi connectivity index (χ2n) is 23.0. The molecule has 0 rings (SSSR count). The minimum Gasteiger partial charge on any atom is -0.466 e. The summed E-state index contributed by atoms with van der Waals surface area (Å²) < 4.78 is 10.9. The quantitative estimate of drug-likeness (QED) is 0.0450. The third-order valence-electron chi connectivity index (χ3n) is 15.5. The van der Waals surface area contributed by atoms with Crippen LogP contribution in [0.4, 0.5) is 0 Å². The molecule has 4 heteroatoms. The van der Waals surface area contributed by atoms with Crippen molar-refractivity contribution < 1.29 is 19.1 Å². The highest BCUT2D eigenvalue weighted by Gasteiger charge is 2.05. The Kier molecular flexibility index (Phi) is 70.9. The van der Waals surface area contributed by atoms with Crippen molar-refractivity contribution in [1.29, 1.82) is 0 Å². The summed E-state index contributed by atoms with van der Waals surface area (Å²) in [4.78, 5) is 23.8. The van der Waals surface area contributed by atoms with Gasteiger partial charge in [-0.1, -0.05) is 374 Å². The summed E-state index contributed by atoms with van der Waals surface area (Å²) >= 11 is 0. The van der Waals surface area contributed by atoms with Crippen LogP contribution in [-0.4, -0.2) is 25.2 Å². The van der Waals surface area contributed by atoms with E-state index >= 15 is 0 Å². The molecule has 0 aliphatic rings. The van der Waals surface area contributed by atoms with Crippen LogP contribution in [0.15, 0.2) is 0 Å². The van der Waals surface area contributed by atoms with E-state index in [9.17, 15) is 9.59 Å². The van der Waals surface area contributed by atoms with Crippen LogP contribution >= 0.6 is 0 Å². The molecule has 0 aromatic rings. The Morgan fingerprint density at radius 1 is 0.181 bits per heavy atom. The first-order valence-corrected chi connectivity index (χ1v) is 33.9. The molecule has 0 aromatic heterocycles. The number of esters is 2. The Morgan fingerprint density at radius 2 is 0.306 bits per heavy atom. The molecule has 0 aliphatic heterocycles. The smallest absolute Gasteiger partial charge is 0.305 e. The highest BCUT2D eigenvalue weighted by molar-refractivity contribution is 5.69. The van der Waals surface area contributed by atoms with Gasteiger partial charge in [0, 0.05) is 12.8 Å². The number of hydrogen-bond donors (Lipinski definition) is 0. The molecule has 0 aliphatic carbocycles. The molecule has 0 aromatic carbocycles. The zero-order chi connectivity index (χ0) is 52.4. The van der Waals surface area contributed by atoms with Crippen LogP contribution in [0.25, 0.3) is 0 Å². The Hall–Kier alpha value is -1.06. The van der Waals surface area contributed by atoms with E-state index in [0.717, 1.165) is 25.7 Å². The zero-order valence-corrected chi connectivity index (χ0v) is 50.5. The van der Waals surface area contributed by atoms with E-state index in [-0.39, 0.29) is 11.9 Å². The summed E-state index contributed by atoms with van der Waals surface area (Å²) in [6.45, 7) is 10.4. The molecule has 0 heterocycles. The van der Waals surface area contributed by atoms with Crippen molar-refractivity contribution in [1.82, 2.24) is 0 Å². The maximum atomic E-state index is 11.9. The SMILES string of the molecule is CCCCCCCCCCCCCCCCCCOC(=O)CCCCCCCCCCCCCCCCC.CCCCCCCCCCCCCCCCOC(=O)CCCCCCCCCCCCCCC. The monoisotopic (exact) mass is 1020 g/mol. The van der Waals surface area contributed by atoms with Gasteiger partial charge in [0.2, 0.25) is 0 Å². The first-order valence-electron chi connectivity index (χ1n) is 33.9. The van der Waals surface area contributed by atoms with Gasteiger partial charge in [0.15, 0.2) is 0 Å². The molecule has 0 bridgehead atoms. The Balaban J connectivity index is 0. The maximum absolute atomic E-state index is 11.9. The van der Waals surface area contributed by atoms with Gasteiger partial charge in [-0.3, -0.25) is 9.59 Å². The van der Waals surface area contributed by atoms with Crippen LogP contribution in [0.1, 0.15) is 413 Å². The number of unbranched alkanes of at least 4 members (excludes halogenated alkanes) is 54. The molecular formula is C68H136O4. The molecule has 0 unspecified atom stereocenters. The van der Waals surface area contributed by atoms with Crippen molar-refractivity contribution in [2.75, 3.05) is 13.2 Å².